The Labute approximate surface area is 113 Å². The van der Waals surface area contributed by atoms with Gasteiger partial charge in [0.2, 0.25) is 0 Å². The van der Waals surface area contributed by atoms with Crippen LogP contribution in [0.1, 0.15) is 10.4 Å². The van der Waals surface area contributed by atoms with Crippen LogP contribution in [0, 0.1) is 10.1 Å². The predicted molar refractivity (Wildman–Crippen MR) is 62.6 cm³/mol. The smallest absolute Gasteiger partial charge is 0.465 e. The molecule has 2 heterocycles. The molecule has 0 N–H and O–H groups in total. The Morgan fingerprint density at radius 3 is 2.89 bits per heavy atom. The van der Waals surface area contributed by atoms with Crippen LogP contribution in [0.4, 0.5) is 5.95 Å². The molecule has 0 aliphatic rings. The summed E-state index contributed by atoms with van der Waals surface area (Å²) < 4.78 is 5.60. The van der Waals surface area contributed by atoms with E-state index in [9.17, 15) is 14.9 Å². The molecule has 19 heavy (non-hydrogen) atoms. The highest BCUT2D eigenvalue weighted by Crippen LogP contribution is 2.19. The van der Waals surface area contributed by atoms with E-state index in [-0.39, 0.29) is 16.1 Å². The normalized spacial score (nSPS) is 10.2. The first-order chi connectivity index (χ1) is 9.04. The van der Waals surface area contributed by atoms with E-state index >= 15 is 0 Å². The van der Waals surface area contributed by atoms with E-state index in [1.165, 1.54) is 19.6 Å². The summed E-state index contributed by atoms with van der Waals surface area (Å²) in [5.41, 5.74) is 0.00509. The molecule has 0 radical (unpaired) electrons. The molecule has 0 bridgehead atoms. The fourth-order valence-corrected chi connectivity index (χ4v) is 1.65. The quantitative estimate of drug-likeness (QED) is 0.453. The van der Waals surface area contributed by atoms with Crippen LogP contribution in [0.15, 0.2) is 17.3 Å². The number of rotatable bonds is 3. The first-order valence-electron chi connectivity index (χ1n) is 4.70. The van der Waals surface area contributed by atoms with Crippen molar-refractivity contribution in [3.63, 3.8) is 0 Å². The fraction of sp³-hybridized carbons (Fsp3) is 0.125. The number of nitrogens with zero attached hydrogens (tertiary/aromatic N) is 6. The van der Waals surface area contributed by atoms with E-state index in [1.54, 1.807) is 0 Å². The van der Waals surface area contributed by atoms with Crippen molar-refractivity contribution in [2.24, 2.45) is 0 Å². The molecule has 2 aromatic heterocycles. The van der Waals surface area contributed by atoms with Crippen LogP contribution in [0.25, 0.3) is 5.82 Å². The lowest BCUT2D eigenvalue weighted by Crippen LogP contribution is -2.11. The number of esters is 1. The van der Waals surface area contributed by atoms with E-state index in [1.807, 2.05) is 0 Å². The second kappa shape index (κ2) is 5.06. The molecule has 0 unspecified atom stereocenters. The molecule has 98 valence electrons. The first-order valence-corrected chi connectivity index (χ1v) is 5.49. The van der Waals surface area contributed by atoms with Gasteiger partial charge in [0.25, 0.3) is 4.73 Å². The summed E-state index contributed by atoms with van der Waals surface area (Å²) in [4.78, 5) is 32.5. The van der Waals surface area contributed by atoms with Crippen LogP contribution >= 0.6 is 15.9 Å². The Morgan fingerprint density at radius 1 is 1.58 bits per heavy atom. The van der Waals surface area contributed by atoms with Gasteiger partial charge in [-0.3, -0.25) is 0 Å². The van der Waals surface area contributed by atoms with Crippen molar-refractivity contribution < 1.29 is 14.5 Å². The summed E-state index contributed by atoms with van der Waals surface area (Å²) in [7, 11) is 1.19. The third-order valence-electron chi connectivity index (χ3n) is 2.02. The highest BCUT2D eigenvalue weighted by atomic mass is 79.9. The SMILES string of the molecule is COC(=O)c1cncnc1-n1nc([N+](=O)[O-])nc1Br. The van der Waals surface area contributed by atoms with Crippen molar-refractivity contribution >= 4 is 27.8 Å². The Morgan fingerprint density at radius 2 is 2.32 bits per heavy atom. The fourth-order valence-electron chi connectivity index (χ4n) is 1.24. The van der Waals surface area contributed by atoms with Crippen molar-refractivity contribution in [3.8, 4) is 5.82 Å². The van der Waals surface area contributed by atoms with E-state index in [2.05, 4.69) is 40.7 Å². The van der Waals surface area contributed by atoms with Crippen LogP contribution in [0.3, 0.4) is 0 Å². The summed E-state index contributed by atoms with van der Waals surface area (Å²) in [6.45, 7) is 0. The lowest BCUT2D eigenvalue weighted by Gasteiger charge is -2.02. The van der Waals surface area contributed by atoms with Gasteiger partial charge in [0.05, 0.1) is 7.11 Å². The standard InChI is InChI=1S/C8H5BrN6O4/c1-19-6(16)4-2-10-3-11-5(4)14-7(9)12-8(13-14)15(17)18/h2-3H,1H3. The lowest BCUT2D eigenvalue weighted by atomic mass is 10.3. The van der Waals surface area contributed by atoms with Crippen LogP contribution in [-0.4, -0.2) is 42.7 Å². The van der Waals surface area contributed by atoms with Crippen LogP contribution in [0.2, 0.25) is 0 Å². The molecule has 0 saturated carbocycles. The van der Waals surface area contributed by atoms with Crippen molar-refractivity contribution in [1.82, 2.24) is 24.7 Å². The lowest BCUT2D eigenvalue weighted by molar-refractivity contribution is -0.394. The van der Waals surface area contributed by atoms with Gasteiger partial charge < -0.3 is 14.9 Å². The minimum Gasteiger partial charge on any atom is -0.465 e. The zero-order chi connectivity index (χ0) is 14.0. The number of hydrogen-bond donors (Lipinski definition) is 0. The first kappa shape index (κ1) is 13.0. The minimum absolute atomic E-state index is 0.00509. The second-order valence-corrected chi connectivity index (χ2v) is 3.81. The topological polar surface area (TPSA) is 126 Å². The van der Waals surface area contributed by atoms with Gasteiger partial charge in [0.15, 0.2) is 5.82 Å². The predicted octanol–water partition coefficient (Wildman–Crippen LogP) is 0.515. The number of nitro groups is 1. The summed E-state index contributed by atoms with van der Waals surface area (Å²) in [6.07, 6.45) is 2.38. The second-order valence-electron chi connectivity index (χ2n) is 3.10. The van der Waals surface area contributed by atoms with Gasteiger partial charge in [-0.05, 0) is 9.91 Å². The van der Waals surface area contributed by atoms with E-state index < -0.39 is 16.8 Å². The number of ether oxygens (including phenoxy) is 1. The maximum absolute atomic E-state index is 11.5. The largest absolute Gasteiger partial charge is 0.492 e. The van der Waals surface area contributed by atoms with Gasteiger partial charge >= 0.3 is 11.9 Å². The molecule has 11 heteroatoms. The highest BCUT2D eigenvalue weighted by molar-refractivity contribution is 9.10. The number of carbonyl (C=O) groups is 1. The third-order valence-corrected chi connectivity index (χ3v) is 2.53. The third kappa shape index (κ3) is 2.40. The highest BCUT2D eigenvalue weighted by Gasteiger charge is 2.25. The molecule has 2 rings (SSSR count). The molecular formula is C8H5BrN6O4. The van der Waals surface area contributed by atoms with Crippen molar-refractivity contribution in [1.29, 1.82) is 0 Å². The van der Waals surface area contributed by atoms with Gasteiger partial charge in [-0.25, -0.2) is 14.8 Å². The summed E-state index contributed by atoms with van der Waals surface area (Å²) in [5.74, 6) is -1.30. The summed E-state index contributed by atoms with van der Waals surface area (Å²) in [6, 6.07) is 0. The molecule has 0 atom stereocenters. The number of carbonyl (C=O) groups excluding carboxylic acids is 1. The maximum atomic E-state index is 11.5. The van der Waals surface area contributed by atoms with Crippen molar-refractivity contribution in [2.75, 3.05) is 7.11 Å². The average molecular weight is 329 g/mol. The summed E-state index contributed by atoms with van der Waals surface area (Å²) >= 11 is 3.00. The maximum Gasteiger partial charge on any atom is 0.492 e. The van der Waals surface area contributed by atoms with Crippen LogP contribution < -0.4 is 0 Å². The van der Waals surface area contributed by atoms with Crippen LogP contribution in [0.5, 0.6) is 0 Å². The molecule has 0 aliphatic heterocycles. The Hall–Kier alpha value is -2.43. The van der Waals surface area contributed by atoms with Crippen LogP contribution in [-0.2, 0) is 4.74 Å². The Bertz CT molecular complexity index is 656. The number of halogens is 1. The number of aromatic nitrogens is 5. The molecule has 10 nitrogen and oxygen atoms in total. The van der Waals surface area contributed by atoms with Gasteiger partial charge in [0.1, 0.15) is 11.9 Å². The molecule has 0 aliphatic carbocycles. The number of hydrogen-bond acceptors (Lipinski definition) is 8. The van der Waals surface area contributed by atoms with Gasteiger partial charge in [-0.15, -0.1) is 4.68 Å². The minimum atomic E-state index is -0.764. The molecule has 0 aromatic carbocycles. The van der Waals surface area contributed by atoms with Gasteiger partial charge in [0, 0.05) is 27.2 Å². The molecule has 0 fully saturated rings. The molecule has 2 aromatic rings. The van der Waals surface area contributed by atoms with E-state index in [0.29, 0.717) is 0 Å². The molecule has 0 saturated heterocycles. The molecule has 0 spiro atoms. The molecule has 0 amide bonds. The molecular weight excluding hydrogens is 324 g/mol. The zero-order valence-corrected chi connectivity index (χ0v) is 10.9. The summed E-state index contributed by atoms with van der Waals surface area (Å²) in [5, 5.41) is 14.2. The average Bonchev–Trinajstić information content (AvgIpc) is 2.80. The van der Waals surface area contributed by atoms with E-state index in [0.717, 1.165) is 4.68 Å². The Kier molecular flexibility index (Phi) is 3.46. The van der Waals surface area contributed by atoms with E-state index in [4.69, 9.17) is 0 Å². The number of methoxy groups -OCH3 is 1. The van der Waals surface area contributed by atoms with Gasteiger partial charge in [-0.2, -0.15) is 0 Å². The van der Waals surface area contributed by atoms with Crippen molar-refractivity contribution in [3.05, 3.63) is 32.9 Å². The Balaban J connectivity index is 2.59. The monoisotopic (exact) mass is 328 g/mol. The zero-order valence-electron chi connectivity index (χ0n) is 9.35. The van der Waals surface area contributed by atoms with Gasteiger partial charge in [-0.1, -0.05) is 0 Å². The van der Waals surface area contributed by atoms with Crippen molar-refractivity contribution in [2.45, 2.75) is 0 Å².